The standard InChI is InChI=1S/C23H19F4N3O4S/c1-31-17-7-14(28-10-20(17)32-11-13-5-3-2-4-6-13)12-35-23-29-15-8-18(33-21(24)25)19(34-22(26)27)9-16(15)30-23/h2-10,21-22H,11-12H2,1H3,(H,29,30). The maximum atomic E-state index is 12.7. The van der Waals surface area contributed by atoms with Gasteiger partial charge in [0.25, 0.3) is 0 Å². The van der Waals surface area contributed by atoms with E-state index in [0.29, 0.717) is 40.2 Å². The number of aromatic nitrogens is 3. The van der Waals surface area contributed by atoms with Crippen molar-refractivity contribution in [3.63, 3.8) is 0 Å². The van der Waals surface area contributed by atoms with E-state index in [1.54, 1.807) is 12.3 Å². The smallest absolute Gasteiger partial charge is 0.387 e. The average molecular weight is 509 g/mol. The van der Waals surface area contributed by atoms with E-state index >= 15 is 0 Å². The lowest BCUT2D eigenvalue weighted by molar-refractivity contribution is -0.0690. The Bertz CT molecular complexity index is 1230. The molecule has 0 unspecified atom stereocenters. The Morgan fingerprint density at radius 3 is 2.31 bits per heavy atom. The van der Waals surface area contributed by atoms with Gasteiger partial charge in [0.2, 0.25) is 0 Å². The van der Waals surface area contributed by atoms with Gasteiger partial charge in [-0.05, 0) is 5.56 Å². The second kappa shape index (κ2) is 11.2. The molecule has 0 aliphatic rings. The Kier molecular flexibility index (Phi) is 7.80. The summed E-state index contributed by atoms with van der Waals surface area (Å²) < 4.78 is 70.4. The Labute approximate surface area is 201 Å². The molecule has 0 aliphatic heterocycles. The lowest BCUT2D eigenvalue weighted by Crippen LogP contribution is -2.07. The van der Waals surface area contributed by atoms with Crippen LogP contribution in [0.2, 0.25) is 0 Å². The van der Waals surface area contributed by atoms with Gasteiger partial charge >= 0.3 is 13.2 Å². The Morgan fingerprint density at radius 2 is 1.63 bits per heavy atom. The van der Waals surface area contributed by atoms with Gasteiger partial charge in [-0.1, -0.05) is 42.1 Å². The van der Waals surface area contributed by atoms with Crippen molar-refractivity contribution in [1.82, 2.24) is 15.0 Å². The highest BCUT2D eigenvalue weighted by Crippen LogP contribution is 2.35. The molecule has 0 radical (unpaired) electrons. The molecule has 1 N–H and O–H groups in total. The zero-order valence-electron chi connectivity index (χ0n) is 18.2. The van der Waals surface area contributed by atoms with E-state index in [4.69, 9.17) is 9.47 Å². The van der Waals surface area contributed by atoms with Crippen molar-refractivity contribution >= 4 is 22.8 Å². The summed E-state index contributed by atoms with van der Waals surface area (Å²) in [7, 11) is 1.53. The highest BCUT2D eigenvalue weighted by atomic mass is 32.2. The van der Waals surface area contributed by atoms with Crippen LogP contribution in [0, 0.1) is 0 Å². The largest absolute Gasteiger partial charge is 0.493 e. The minimum absolute atomic E-state index is 0.250. The van der Waals surface area contributed by atoms with Crippen LogP contribution in [0.3, 0.4) is 0 Å². The molecule has 35 heavy (non-hydrogen) atoms. The molecule has 2 aromatic carbocycles. The Hall–Kier alpha value is -3.67. The number of thioether (sulfide) groups is 1. The first-order valence-corrected chi connectivity index (χ1v) is 11.2. The van der Waals surface area contributed by atoms with Crippen LogP contribution in [0.5, 0.6) is 23.0 Å². The number of nitrogens with zero attached hydrogens (tertiary/aromatic N) is 2. The molecular formula is C23H19F4N3O4S. The number of benzene rings is 2. The van der Waals surface area contributed by atoms with E-state index in [9.17, 15) is 17.6 Å². The van der Waals surface area contributed by atoms with Gasteiger partial charge in [0.05, 0.1) is 30.0 Å². The fourth-order valence-corrected chi connectivity index (χ4v) is 3.92. The molecule has 2 heterocycles. The first kappa shape index (κ1) is 24.5. The number of rotatable bonds is 11. The van der Waals surface area contributed by atoms with Crippen LogP contribution in [0.1, 0.15) is 11.3 Å². The molecule has 0 spiro atoms. The number of aromatic amines is 1. The van der Waals surface area contributed by atoms with Crippen LogP contribution >= 0.6 is 11.8 Å². The molecule has 0 fully saturated rings. The highest BCUT2D eigenvalue weighted by molar-refractivity contribution is 7.98. The number of alkyl halides is 4. The molecular weight excluding hydrogens is 490 g/mol. The van der Waals surface area contributed by atoms with Crippen LogP contribution in [0.25, 0.3) is 11.0 Å². The summed E-state index contributed by atoms with van der Waals surface area (Å²) in [4.78, 5) is 11.6. The number of hydrogen-bond acceptors (Lipinski definition) is 7. The minimum atomic E-state index is -3.21. The number of fused-ring (bicyclic) bond motifs is 1. The fourth-order valence-electron chi connectivity index (χ4n) is 3.13. The van der Waals surface area contributed by atoms with Crippen molar-refractivity contribution in [2.45, 2.75) is 30.7 Å². The van der Waals surface area contributed by atoms with Crippen molar-refractivity contribution in [2.24, 2.45) is 0 Å². The van der Waals surface area contributed by atoms with Crippen molar-refractivity contribution in [3.05, 3.63) is 66.0 Å². The Morgan fingerprint density at radius 1 is 0.914 bits per heavy atom. The highest BCUT2D eigenvalue weighted by Gasteiger charge is 2.18. The monoisotopic (exact) mass is 509 g/mol. The van der Waals surface area contributed by atoms with E-state index in [1.165, 1.54) is 18.9 Å². The number of ether oxygens (including phenoxy) is 4. The molecule has 2 aromatic heterocycles. The lowest BCUT2D eigenvalue weighted by atomic mass is 10.2. The normalized spacial score (nSPS) is 11.3. The molecule has 0 amide bonds. The molecule has 0 aliphatic carbocycles. The fraction of sp³-hybridized carbons (Fsp3) is 0.217. The van der Waals surface area contributed by atoms with Gasteiger partial charge in [-0.2, -0.15) is 17.6 Å². The van der Waals surface area contributed by atoms with Gasteiger partial charge in [-0.15, -0.1) is 0 Å². The van der Waals surface area contributed by atoms with Crippen molar-refractivity contribution < 1.29 is 36.5 Å². The van der Waals surface area contributed by atoms with Crippen LogP contribution in [-0.4, -0.2) is 35.3 Å². The molecule has 0 saturated heterocycles. The number of methoxy groups -OCH3 is 1. The minimum Gasteiger partial charge on any atom is -0.493 e. The molecule has 4 rings (SSSR count). The zero-order chi connectivity index (χ0) is 24.8. The number of hydrogen-bond donors (Lipinski definition) is 1. The summed E-state index contributed by atoms with van der Waals surface area (Å²) in [5.74, 6) is 0.333. The van der Waals surface area contributed by atoms with Gasteiger partial charge in [0, 0.05) is 24.0 Å². The maximum absolute atomic E-state index is 12.7. The first-order chi connectivity index (χ1) is 16.9. The SMILES string of the molecule is COc1cc(CSc2nc3cc(OC(F)F)c(OC(F)F)cc3[nH]2)ncc1OCc1ccccc1. The Balaban J connectivity index is 1.46. The number of halogens is 4. The molecule has 4 aromatic rings. The zero-order valence-corrected chi connectivity index (χ0v) is 19.0. The van der Waals surface area contributed by atoms with E-state index < -0.39 is 24.7 Å². The summed E-state index contributed by atoms with van der Waals surface area (Å²) in [6, 6.07) is 13.6. The summed E-state index contributed by atoms with van der Waals surface area (Å²) in [6.45, 7) is -6.05. The van der Waals surface area contributed by atoms with Gasteiger partial charge in [0.15, 0.2) is 28.2 Å². The summed E-state index contributed by atoms with van der Waals surface area (Å²) >= 11 is 1.27. The van der Waals surface area contributed by atoms with E-state index in [1.807, 2.05) is 30.3 Å². The van der Waals surface area contributed by atoms with E-state index in [-0.39, 0.29) is 5.52 Å². The maximum Gasteiger partial charge on any atom is 0.387 e. The van der Waals surface area contributed by atoms with E-state index in [0.717, 1.165) is 17.7 Å². The van der Waals surface area contributed by atoms with Crippen LogP contribution in [0.4, 0.5) is 17.6 Å². The summed E-state index contributed by atoms with van der Waals surface area (Å²) in [6.07, 6.45) is 1.57. The third-order valence-corrected chi connectivity index (χ3v) is 5.57. The van der Waals surface area contributed by atoms with Gasteiger partial charge < -0.3 is 23.9 Å². The van der Waals surface area contributed by atoms with Gasteiger partial charge in [-0.25, -0.2) is 4.98 Å². The molecule has 12 heteroatoms. The number of H-pyrrole nitrogens is 1. The van der Waals surface area contributed by atoms with Gasteiger partial charge in [-0.3, -0.25) is 4.98 Å². The predicted octanol–water partition coefficient (Wildman–Crippen LogP) is 6.04. The van der Waals surface area contributed by atoms with Crippen molar-refractivity contribution in [1.29, 1.82) is 0 Å². The number of nitrogens with one attached hydrogen (secondary N) is 1. The quantitative estimate of drug-likeness (QED) is 0.195. The van der Waals surface area contributed by atoms with Crippen molar-refractivity contribution in [2.75, 3.05) is 7.11 Å². The second-order valence-electron chi connectivity index (χ2n) is 7.00. The summed E-state index contributed by atoms with van der Waals surface area (Å²) in [5.41, 5.74) is 2.24. The number of imidazole rings is 1. The van der Waals surface area contributed by atoms with Crippen LogP contribution < -0.4 is 18.9 Å². The topological polar surface area (TPSA) is 78.5 Å². The van der Waals surface area contributed by atoms with E-state index in [2.05, 4.69) is 24.4 Å². The molecule has 0 atom stereocenters. The molecule has 0 saturated carbocycles. The average Bonchev–Trinajstić information content (AvgIpc) is 3.23. The first-order valence-electron chi connectivity index (χ1n) is 10.2. The molecule has 184 valence electrons. The van der Waals surface area contributed by atoms with Crippen LogP contribution in [0.15, 0.2) is 59.9 Å². The lowest BCUT2D eigenvalue weighted by Gasteiger charge is -2.11. The van der Waals surface area contributed by atoms with Crippen molar-refractivity contribution in [3.8, 4) is 23.0 Å². The van der Waals surface area contributed by atoms with Crippen LogP contribution in [-0.2, 0) is 12.4 Å². The number of pyridine rings is 1. The third kappa shape index (κ3) is 6.47. The second-order valence-corrected chi connectivity index (χ2v) is 7.97. The predicted molar refractivity (Wildman–Crippen MR) is 120 cm³/mol. The van der Waals surface area contributed by atoms with Gasteiger partial charge in [0.1, 0.15) is 6.61 Å². The summed E-state index contributed by atoms with van der Waals surface area (Å²) in [5, 5.41) is 0.419. The molecule has 7 nitrogen and oxygen atoms in total. The third-order valence-electron chi connectivity index (χ3n) is 4.66. The molecule has 0 bridgehead atoms.